The Morgan fingerprint density at radius 2 is 1.83 bits per heavy atom. The normalized spacial score (nSPS) is 16.1. The molecular formula is C18H12Cl2F3N5O. The van der Waals surface area contributed by atoms with Crippen molar-refractivity contribution in [3.05, 3.63) is 62.8 Å². The molecule has 3 aromatic rings. The standard InChI is InChI=1S/C18H12Cl2F3N5O/c1-7-17-27-26-8(2)28(17)11-5-3-9(18(21,22)23)14(20)13(11)16(24-7)15-10(19)4-6-12(29)25-15/h3-7H,1-2H3,(H,25,29)/t7-/m0/s1. The number of benzene rings is 1. The van der Waals surface area contributed by atoms with E-state index in [0.29, 0.717) is 17.3 Å². The van der Waals surface area contributed by atoms with Crippen LogP contribution in [-0.2, 0) is 6.18 Å². The average molecular weight is 442 g/mol. The Kier molecular flexibility index (Phi) is 4.54. The summed E-state index contributed by atoms with van der Waals surface area (Å²) in [7, 11) is 0. The van der Waals surface area contributed by atoms with E-state index in [0.717, 1.165) is 6.07 Å². The van der Waals surface area contributed by atoms with Crippen molar-refractivity contribution in [1.29, 1.82) is 0 Å². The zero-order valence-corrected chi connectivity index (χ0v) is 16.5. The largest absolute Gasteiger partial charge is 0.493 e. The average Bonchev–Trinajstić information content (AvgIpc) is 2.96. The first kappa shape index (κ1) is 19.7. The minimum atomic E-state index is -4.68. The van der Waals surface area contributed by atoms with Gasteiger partial charge in [-0.1, -0.05) is 23.2 Å². The third-order valence-electron chi connectivity index (χ3n) is 4.50. The van der Waals surface area contributed by atoms with Crippen LogP contribution in [0.1, 0.15) is 41.4 Å². The van der Waals surface area contributed by atoms with Gasteiger partial charge in [0.25, 0.3) is 0 Å². The van der Waals surface area contributed by atoms with Crippen molar-refractivity contribution in [2.45, 2.75) is 26.1 Å². The molecule has 0 aliphatic carbocycles. The molecule has 0 fully saturated rings. The summed E-state index contributed by atoms with van der Waals surface area (Å²) in [6.45, 7) is 3.38. The fourth-order valence-corrected chi connectivity index (χ4v) is 3.79. The minimum absolute atomic E-state index is 0.0114. The van der Waals surface area contributed by atoms with Crippen molar-refractivity contribution in [3.63, 3.8) is 0 Å². The van der Waals surface area contributed by atoms with Crippen molar-refractivity contribution >= 4 is 28.9 Å². The van der Waals surface area contributed by atoms with Crippen LogP contribution >= 0.6 is 23.2 Å². The van der Waals surface area contributed by atoms with Gasteiger partial charge in [0, 0.05) is 11.6 Å². The number of hydrogen-bond donors (Lipinski definition) is 1. The number of aryl methyl sites for hydroxylation is 1. The summed E-state index contributed by atoms with van der Waals surface area (Å²) in [6, 6.07) is 4.23. The highest BCUT2D eigenvalue weighted by molar-refractivity contribution is 6.39. The molecule has 0 bridgehead atoms. The van der Waals surface area contributed by atoms with Crippen molar-refractivity contribution in [1.82, 2.24) is 19.7 Å². The van der Waals surface area contributed by atoms with Crippen LogP contribution in [0.5, 0.6) is 5.88 Å². The van der Waals surface area contributed by atoms with Gasteiger partial charge < -0.3 is 5.11 Å². The molecule has 6 nitrogen and oxygen atoms in total. The topological polar surface area (TPSA) is 76.2 Å². The van der Waals surface area contributed by atoms with Crippen LogP contribution in [0.3, 0.4) is 0 Å². The highest BCUT2D eigenvalue weighted by atomic mass is 35.5. The first-order chi connectivity index (χ1) is 13.6. The summed E-state index contributed by atoms with van der Waals surface area (Å²) < 4.78 is 42.2. The van der Waals surface area contributed by atoms with E-state index in [1.54, 1.807) is 18.4 Å². The second-order valence-corrected chi connectivity index (χ2v) is 7.20. The number of alkyl halides is 3. The molecule has 1 aromatic carbocycles. The summed E-state index contributed by atoms with van der Waals surface area (Å²) in [5.74, 6) is 0.519. The van der Waals surface area contributed by atoms with Crippen molar-refractivity contribution in [2.24, 2.45) is 4.99 Å². The summed E-state index contributed by atoms with van der Waals surface area (Å²) >= 11 is 12.5. The predicted octanol–water partition coefficient (Wildman–Crippen LogP) is 4.91. The maximum absolute atomic E-state index is 13.5. The molecule has 0 unspecified atom stereocenters. The number of pyridine rings is 1. The van der Waals surface area contributed by atoms with Gasteiger partial charge in [0.1, 0.15) is 17.6 Å². The van der Waals surface area contributed by atoms with E-state index in [2.05, 4.69) is 20.2 Å². The lowest BCUT2D eigenvalue weighted by atomic mass is 10.0. The highest BCUT2D eigenvalue weighted by Gasteiger charge is 2.38. The number of halogens is 5. The molecule has 2 aromatic heterocycles. The number of nitrogens with zero attached hydrogens (tertiary/aromatic N) is 5. The van der Waals surface area contributed by atoms with Gasteiger partial charge in [-0.3, -0.25) is 9.56 Å². The van der Waals surface area contributed by atoms with E-state index in [9.17, 15) is 18.3 Å². The second kappa shape index (κ2) is 6.70. The van der Waals surface area contributed by atoms with Crippen LogP contribution in [0, 0.1) is 6.92 Å². The number of aromatic nitrogens is 4. The Balaban J connectivity index is 2.14. The molecule has 29 heavy (non-hydrogen) atoms. The quantitative estimate of drug-likeness (QED) is 0.581. The number of aliphatic imine (C=N–C) groups is 1. The third kappa shape index (κ3) is 3.14. The molecule has 0 saturated heterocycles. The molecule has 1 aliphatic rings. The molecule has 1 atom stereocenters. The van der Waals surface area contributed by atoms with Gasteiger partial charge in [0.2, 0.25) is 5.88 Å². The summed E-state index contributed by atoms with van der Waals surface area (Å²) in [4.78, 5) is 8.49. The van der Waals surface area contributed by atoms with Crippen LogP contribution in [0.4, 0.5) is 13.2 Å². The molecule has 0 saturated carbocycles. The molecular weight excluding hydrogens is 430 g/mol. The second-order valence-electron chi connectivity index (χ2n) is 6.41. The van der Waals surface area contributed by atoms with Crippen LogP contribution in [-0.4, -0.2) is 30.6 Å². The highest BCUT2D eigenvalue weighted by Crippen LogP contribution is 2.42. The SMILES string of the molecule is Cc1nnc2n1-c1ccc(C(F)(F)F)c(Cl)c1C(c1nc(O)ccc1Cl)=N[C@H]2C. The van der Waals surface area contributed by atoms with E-state index in [1.807, 2.05) is 0 Å². The molecule has 0 amide bonds. The first-order valence-electron chi connectivity index (χ1n) is 8.35. The monoisotopic (exact) mass is 441 g/mol. The fourth-order valence-electron chi connectivity index (χ4n) is 3.24. The van der Waals surface area contributed by atoms with Crippen LogP contribution in [0.2, 0.25) is 10.0 Å². The zero-order valence-electron chi connectivity index (χ0n) is 15.0. The zero-order chi connectivity index (χ0) is 21.1. The van der Waals surface area contributed by atoms with Crippen molar-refractivity contribution in [2.75, 3.05) is 0 Å². The predicted molar refractivity (Wildman–Crippen MR) is 101 cm³/mol. The molecule has 4 rings (SSSR count). The molecule has 11 heteroatoms. The minimum Gasteiger partial charge on any atom is -0.493 e. The Hall–Kier alpha value is -2.65. The first-order valence-corrected chi connectivity index (χ1v) is 9.11. The summed E-state index contributed by atoms with van der Waals surface area (Å²) in [5, 5.41) is 17.5. The van der Waals surface area contributed by atoms with Gasteiger partial charge in [-0.2, -0.15) is 13.2 Å². The number of fused-ring (bicyclic) bond motifs is 3. The van der Waals surface area contributed by atoms with E-state index in [4.69, 9.17) is 23.2 Å². The summed E-state index contributed by atoms with van der Waals surface area (Å²) in [6.07, 6.45) is -4.68. The number of rotatable bonds is 1. The third-order valence-corrected chi connectivity index (χ3v) is 5.20. The van der Waals surface area contributed by atoms with Gasteiger partial charge in [0.15, 0.2) is 5.82 Å². The van der Waals surface area contributed by atoms with E-state index in [1.165, 1.54) is 18.2 Å². The Labute approximate surface area is 172 Å². The smallest absolute Gasteiger partial charge is 0.417 e. The fraction of sp³-hybridized carbons (Fsp3) is 0.222. The van der Waals surface area contributed by atoms with E-state index < -0.39 is 22.8 Å². The molecule has 0 spiro atoms. The Bertz CT molecular complexity index is 1170. The Morgan fingerprint density at radius 1 is 1.10 bits per heavy atom. The van der Waals surface area contributed by atoms with Crippen LogP contribution < -0.4 is 0 Å². The molecule has 0 radical (unpaired) electrons. The molecule has 1 N–H and O–H groups in total. The van der Waals surface area contributed by atoms with Gasteiger partial charge in [0.05, 0.1) is 27.0 Å². The molecule has 3 heterocycles. The lowest BCUT2D eigenvalue weighted by Crippen LogP contribution is -2.15. The van der Waals surface area contributed by atoms with E-state index in [-0.39, 0.29) is 27.9 Å². The van der Waals surface area contributed by atoms with Gasteiger partial charge in [-0.15, -0.1) is 10.2 Å². The van der Waals surface area contributed by atoms with Gasteiger partial charge in [-0.05, 0) is 32.0 Å². The van der Waals surface area contributed by atoms with Crippen molar-refractivity contribution in [3.8, 4) is 11.6 Å². The van der Waals surface area contributed by atoms with Crippen LogP contribution in [0.15, 0.2) is 29.3 Å². The maximum Gasteiger partial charge on any atom is 0.417 e. The number of hydrogen-bond acceptors (Lipinski definition) is 5. The van der Waals surface area contributed by atoms with Crippen LogP contribution in [0.25, 0.3) is 5.69 Å². The summed E-state index contributed by atoms with van der Waals surface area (Å²) in [5.41, 5.74) is -0.699. The lowest BCUT2D eigenvalue weighted by molar-refractivity contribution is -0.137. The van der Waals surface area contributed by atoms with Crippen molar-refractivity contribution < 1.29 is 18.3 Å². The molecule has 1 aliphatic heterocycles. The lowest BCUT2D eigenvalue weighted by Gasteiger charge is -2.18. The van der Waals surface area contributed by atoms with Gasteiger partial charge in [-0.25, -0.2) is 4.98 Å². The molecule has 150 valence electrons. The van der Waals surface area contributed by atoms with Gasteiger partial charge >= 0.3 is 6.18 Å². The van der Waals surface area contributed by atoms with E-state index >= 15 is 0 Å². The maximum atomic E-state index is 13.5. The Morgan fingerprint density at radius 3 is 2.52 bits per heavy atom. The number of aromatic hydroxyl groups is 1.